The minimum Gasteiger partial charge on any atom is -0.497 e. The number of carbonyl (C=O) groups excluding carboxylic acids is 1. The first-order chi connectivity index (χ1) is 11.0. The number of anilines is 1. The zero-order valence-corrected chi connectivity index (χ0v) is 14.2. The number of rotatable bonds is 6. The Balaban J connectivity index is 2.07. The summed E-state index contributed by atoms with van der Waals surface area (Å²) in [7, 11) is 1.60. The van der Waals surface area contributed by atoms with Crippen LogP contribution >= 0.6 is 11.6 Å². The first-order valence-electron chi connectivity index (χ1n) is 7.41. The maximum atomic E-state index is 12.4. The van der Waals surface area contributed by atoms with E-state index in [1.54, 1.807) is 43.5 Å². The Morgan fingerprint density at radius 3 is 2.43 bits per heavy atom. The lowest BCUT2D eigenvalue weighted by molar-refractivity contribution is -0.122. The highest BCUT2D eigenvalue weighted by Gasteiger charge is 2.19. The molecular weight excluding hydrogens is 314 g/mol. The van der Waals surface area contributed by atoms with E-state index in [4.69, 9.17) is 21.1 Å². The summed E-state index contributed by atoms with van der Waals surface area (Å²) < 4.78 is 10.9. The van der Waals surface area contributed by atoms with Crippen molar-refractivity contribution in [2.45, 2.75) is 26.4 Å². The van der Waals surface area contributed by atoms with Crippen molar-refractivity contribution < 1.29 is 14.3 Å². The van der Waals surface area contributed by atoms with Crippen molar-refractivity contribution in [3.63, 3.8) is 0 Å². The number of ether oxygens (including phenoxy) is 2. The molecule has 122 valence electrons. The molecule has 0 spiro atoms. The molecule has 0 bridgehead atoms. The smallest absolute Gasteiger partial charge is 0.265 e. The molecule has 0 saturated heterocycles. The number of hydrogen-bond acceptors (Lipinski definition) is 3. The third-order valence-electron chi connectivity index (χ3n) is 3.53. The first kappa shape index (κ1) is 17.2. The van der Waals surface area contributed by atoms with Crippen LogP contribution in [0.15, 0.2) is 42.5 Å². The molecule has 0 aliphatic carbocycles. The molecule has 1 amide bonds. The van der Waals surface area contributed by atoms with Crippen molar-refractivity contribution in [2.24, 2.45) is 0 Å². The van der Waals surface area contributed by atoms with E-state index >= 15 is 0 Å². The van der Waals surface area contributed by atoms with E-state index in [0.717, 1.165) is 11.3 Å². The quantitative estimate of drug-likeness (QED) is 0.849. The van der Waals surface area contributed by atoms with Gasteiger partial charge in [0, 0.05) is 10.7 Å². The zero-order valence-electron chi connectivity index (χ0n) is 13.4. The lowest BCUT2D eigenvalue weighted by atomic mass is 10.2. The number of nitrogens with one attached hydrogen (secondary N) is 1. The molecule has 0 unspecified atom stereocenters. The number of halogens is 1. The summed E-state index contributed by atoms with van der Waals surface area (Å²) >= 11 is 6.07. The monoisotopic (exact) mass is 333 g/mol. The van der Waals surface area contributed by atoms with Gasteiger partial charge in [-0.1, -0.05) is 24.6 Å². The van der Waals surface area contributed by atoms with Gasteiger partial charge in [0.1, 0.15) is 11.5 Å². The Morgan fingerprint density at radius 2 is 1.83 bits per heavy atom. The lowest BCUT2D eigenvalue weighted by Crippen LogP contribution is -2.32. The normalized spacial score (nSPS) is 11.7. The highest BCUT2D eigenvalue weighted by Crippen LogP contribution is 2.24. The van der Waals surface area contributed by atoms with Gasteiger partial charge in [-0.3, -0.25) is 4.79 Å². The van der Waals surface area contributed by atoms with Gasteiger partial charge >= 0.3 is 0 Å². The van der Waals surface area contributed by atoms with Crippen molar-refractivity contribution in [1.82, 2.24) is 0 Å². The molecule has 23 heavy (non-hydrogen) atoms. The average Bonchev–Trinajstić information content (AvgIpc) is 2.57. The maximum absolute atomic E-state index is 12.4. The molecule has 2 aromatic rings. The minimum atomic E-state index is -0.582. The van der Waals surface area contributed by atoms with Crippen LogP contribution in [0, 0.1) is 6.92 Å². The van der Waals surface area contributed by atoms with Crippen LogP contribution in [0.25, 0.3) is 0 Å². The molecule has 1 N–H and O–H groups in total. The number of benzene rings is 2. The fourth-order valence-corrected chi connectivity index (χ4v) is 2.27. The van der Waals surface area contributed by atoms with Gasteiger partial charge in [0.05, 0.1) is 7.11 Å². The van der Waals surface area contributed by atoms with Crippen molar-refractivity contribution in [2.75, 3.05) is 12.4 Å². The Hall–Kier alpha value is -2.20. The summed E-state index contributed by atoms with van der Waals surface area (Å²) in [6.07, 6.45) is -0.0286. The summed E-state index contributed by atoms with van der Waals surface area (Å²) in [5.74, 6) is 1.16. The molecule has 2 aromatic carbocycles. The van der Waals surface area contributed by atoms with Crippen LogP contribution in [-0.2, 0) is 4.79 Å². The van der Waals surface area contributed by atoms with Crippen molar-refractivity contribution in [3.05, 3.63) is 53.1 Å². The van der Waals surface area contributed by atoms with E-state index in [0.29, 0.717) is 22.9 Å². The van der Waals surface area contributed by atoms with Gasteiger partial charge in [0.2, 0.25) is 0 Å². The van der Waals surface area contributed by atoms with E-state index in [2.05, 4.69) is 5.32 Å². The molecule has 0 aliphatic heterocycles. The predicted molar refractivity (Wildman–Crippen MR) is 92.5 cm³/mol. The fraction of sp³-hybridized carbons (Fsp3) is 0.278. The molecule has 0 heterocycles. The van der Waals surface area contributed by atoms with Gasteiger partial charge in [0.25, 0.3) is 5.91 Å². The van der Waals surface area contributed by atoms with E-state index in [-0.39, 0.29) is 5.91 Å². The molecule has 0 fully saturated rings. The molecule has 0 radical (unpaired) electrons. The molecule has 0 aliphatic rings. The second-order valence-electron chi connectivity index (χ2n) is 5.09. The third-order valence-corrected chi connectivity index (χ3v) is 3.94. The van der Waals surface area contributed by atoms with Gasteiger partial charge < -0.3 is 14.8 Å². The summed E-state index contributed by atoms with van der Waals surface area (Å²) in [5.41, 5.74) is 1.53. The second-order valence-corrected chi connectivity index (χ2v) is 5.50. The summed E-state index contributed by atoms with van der Waals surface area (Å²) in [6, 6.07) is 12.5. The fourth-order valence-electron chi connectivity index (χ4n) is 2.10. The van der Waals surface area contributed by atoms with Crippen LogP contribution in [0.5, 0.6) is 11.5 Å². The van der Waals surface area contributed by atoms with Gasteiger partial charge in [-0.05, 0) is 55.3 Å². The van der Waals surface area contributed by atoms with E-state index in [9.17, 15) is 4.79 Å². The first-order valence-corrected chi connectivity index (χ1v) is 7.79. The molecule has 2 rings (SSSR count). The van der Waals surface area contributed by atoms with Gasteiger partial charge in [-0.15, -0.1) is 0 Å². The number of hydrogen-bond donors (Lipinski definition) is 1. The molecule has 0 saturated carbocycles. The van der Waals surface area contributed by atoms with Gasteiger partial charge in [-0.25, -0.2) is 0 Å². The molecule has 5 heteroatoms. The summed E-state index contributed by atoms with van der Waals surface area (Å²) in [6.45, 7) is 3.77. The molecule has 1 atom stereocenters. The third kappa shape index (κ3) is 4.39. The number of carbonyl (C=O) groups is 1. The van der Waals surface area contributed by atoms with Crippen molar-refractivity contribution >= 4 is 23.2 Å². The SMILES string of the molecule is CC[C@H](Oc1ccc(OC)cc1)C(=O)Nc1cccc(Cl)c1C. The van der Waals surface area contributed by atoms with Crippen molar-refractivity contribution in [1.29, 1.82) is 0 Å². The van der Waals surface area contributed by atoms with Crippen LogP contribution < -0.4 is 14.8 Å². The highest BCUT2D eigenvalue weighted by molar-refractivity contribution is 6.31. The largest absolute Gasteiger partial charge is 0.497 e. The van der Waals surface area contributed by atoms with Crippen LogP contribution in [-0.4, -0.2) is 19.1 Å². The highest BCUT2D eigenvalue weighted by atomic mass is 35.5. The Kier molecular flexibility index (Phi) is 5.88. The van der Waals surface area contributed by atoms with E-state index in [1.807, 2.05) is 19.9 Å². The molecule has 4 nitrogen and oxygen atoms in total. The van der Waals surface area contributed by atoms with Crippen LogP contribution in [0.3, 0.4) is 0 Å². The Morgan fingerprint density at radius 1 is 1.17 bits per heavy atom. The lowest BCUT2D eigenvalue weighted by Gasteiger charge is -2.18. The minimum absolute atomic E-state index is 0.200. The average molecular weight is 334 g/mol. The maximum Gasteiger partial charge on any atom is 0.265 e. The summed E-state index contributed by atoms with van der Waals surface area (Å²) in [4.78, 5) is 12.4. The topological polar surface area (TPSA) is 47.6 Å². The second kappa shape index (κ2) is 7.88. The van der Waals surface area contributed by atoms with E-state index < -0.39 is 6.10 Å². The Labute approximate surface area is 141 Å². The summed E-state index contributed by atoms with van der Waals surface area (Å²) in [5, 5.41) is 3.49. The van der Waals surface area contributed by atoms with Crippen molar-refractivity contribution in [3.8, 4) is 11.5 Å². The zero-order chi connectivity index (χ0) is 16.8. The number of amides is 1. The standard InChI is InChI=1S/C18H20ClNO3/c1-4-17(23-14-10-8-13(22-3)9-11-14)18(21)20-16-7-5-6-15(19)12(16)2/h5-11,17H,4H2,1-3H3,(H,20,21)/t17-/m0/s1. The van der Waals surface area contributed by atoms with E-state index in [1.165, 1.54) is 0 Å². The number of methoxy groups -OCH3 is 1. The predicted octanol–water partition coefficient (Wildman–Crippen LogP) is 4.45. The van der Waals surface area contributed by atoms with Gasteiger partial charge in [-0.2, -0.15) is 0 Å². The van der Waals surface area contributed by atoms with Gasteiger partial charge in [0.15, 0.2) is 6.10 Å². The Bertz CT molecular complexity index is 670. The molecule has 0 aromatic heterocycles. The van der Waals surface area contributed by atoms with Crippen LogP contribution in [0.1, 0.15) is 18.9 Å². The van der Waals surface area contributed by atoms with Crippen LogP contribution in [0.4, 0.5) is 5.69 Å². The van der Waals surface area contributed by atoms with Crippen LogP contribution in [0.2, 0.25) is 5.02 Å². The molecular formula is C18H20ClNO3.